The molecule has 0 aliphatic carbocycles. The van der Waals surface area contributed by atoms with E-state index in [1.807, 2.05) is 19.1 Å². The highest BCUT2D eigenvalue weighted by Crippen LogP contribution is 2.11. The minimum atomic E-state index is -1.06. The molecule has 0 bridgehead atoms. The second-order valence-corrected chi connectivity index (χ2v) is 6.93. The van der Waals surface area contributed by atoms with Crippen LogP contribution in [0.4, 0.5) is 5.69 Å². The number of nitrogens with zero attached hydrogens (tertiary/aromatic N) is 2. The maximum atomic E-state index is 12.7. The largest absolute Gasteiger partial charge is 0.451 e. The van der Waals surface area contributed by atoms with Crippen molar-refractivity contribution in [2.24, 2.45) is 0 Å². The van der Waals surface area contributed by atoms with E-state index in [0.717, 1.165) is 10.1 Å². The molecule has 0 spiro atoms. The number of nitrogens with one attached hydrogen (secondary N) is 1. The quantitative estimate of drug-likeness (QED) is 0.629. The Morgan fingerprint density at radius 1 is 1.07 bits per heavy atom. The zero-order valence-electron chi connectivity index (χ0n) is 17.0. The normalized spacial score (nSPS) is 11.8. The van der Waals surface area contributed by atoms with Gasteiger partial charge in [0, 0.05) is 12.2 Å². The number of ether oxygens (including phenoxy) is 1. The number of para-hydroxylation sites is 1. The Labute approximate surface area is 172 Å². The fraction of sp³-hybridized carbons (Fsp3) is 0.273. The molecule has 1 aromatic heterocycles. The zero-order chi connectivity index (χ0) is 21.8. The first-order chi connectivity index (χ1) is 14.3. The van der Waals surface area contributed by atoms with Gasteiger partial charge in [-0.25, -0.2) is 4.79 Å². The molecule has 3 rings (SSSR count). The fourth-order valence-corrected chi connectivity index (χ4v) is 3.19. The van der Waals surface area contributed by atoms with Crippen LogP contribution in [0.15, 0.2) is 58.1 Å². The van der Waals surface area contributed by atoms with Crippen LogP contribution < -0.4 is 16.6 Å². The molecule has 0 aliphatic rings. The number of fused-ring (bicyclic) bond motifs is 1. The van der Waals surface area contributed by atoms with Gasteiger partial charge >= 0.3 is 11.7 Å². The van der Waals surface area contributed by atoms with Crippen molar-refractivity contribution in [3.8, 4) is 0 Å². The standard InChI is InChI=1S/C22H23N3O5/c1-4-24-21(28)17-10-5-6-11-18(17)25(22(24)29)13-19(26)30-15(3)20(27)23-16-9-7-8-14(2)12-16/h5-12,15H,4,13H2,1-3H3,(H,23,27). The molecule has 3 aromatic rings. The van der Waals surface area contributed by atoms with Gasteiger partial charge in [0.2, 0.25) is 0 Å². The lowest BCUT2D eigenvalue weighted by atomic mass is 10.2. The summed E-state index contributed by atoms with van der Waals surface area (Å²) in [7, 11) is 0. The molecule has 1 N–H and O–H groups in total. The van der Waals surface area contributed by atoms with E-state index in [1.165, 1.54) is 11.5 Å². The summed E-state index contributed by atoms with van der Waals surface area (Å²) in [5.74, 6) is -1.24. The fourth-order valence-electron chi connectivity index (χ4n) is 3.19. The summed E-state index contributed by atoms with van der Waals surface area (Å²) in [4.78, 5) is 50.0. The average Bonchev–Trinajstić information content (AvgIpc) is 2.71. The van der Waals surface area contributed by atoms with Gasteiger partial charge in [-0.05, 0) is 50.6 Å². The van der Waals surface area contributed by atoms with Crippen molar-refractivity contribution in [1.29, 1.82) is 0 Å². The van der Waals surface area contributed by atoms with E-state index in [4.69, 9.17) is 4.74 Å². The van der Waals surface area contributed by atoms with Crippen molar-refractivity contribution in [3.63, 3.8) is 0 Å². The van der Waals surface area contributed by atoms with Crippen molar-refractivity contribution in [1.82, 2.24) is 9.13 Å². The zero-order valence-corrected chi connectivity index (χ0v) is 17.0. The molecule has 1 atom stereocenters. The molecule has 0 radical (unpaired) electrons. The van der Waals surface area contributed by atoms with Crippen LogP contribution in [0.25, 0.3) is 10.9 Å². The van der Waals surface area contributed by atoms with Crippen LogP contribution in [-0.4, -0.2) is 27.1 Å². The number of amides is 1. The summed E-state index contributed by atoms with van der Waals surface area (Å²) in [5, 5.41) is 3.02. The van der Waals surface area contributed by atoms with E-state index in [9.17, 15) is 19.2 Å². The lowest BCUT2D eigenvalue weighted by Crippen LogP contribution is -2.41. The number of carbonyl (C=O) groups is 2. The number of carbonyl (C=O) groups excluding carboxylic acids is 2. The van der Waals surface area contributed by atoms with Crippen molar-refractivity contribution in [2.75, 3.05) is 5.32 Å². The number of aromatic nitrogens is 2. The highest BCUT2D eigenvalue weighted by Gasteiger charge is 2.20. The maximum absolute atomic E-state index is 12.7. The summed E-state index contributed by atoms with van der Waals surface area (Å²) < 4.78 is 7.48. The van der Waals surface area contributed by atoms with E-state index >= 15 is 0 Å². The molecule has 1 amide bonds. The topological polar surface area (TPSA) is 99.4 Å². The Kier molecular flexibility index (Phi) is 6.15. The highest BCUT2D eigenvalue weighted by atomic mass is 16.5. The van der Waals surface area contributed by atoms with Gasteiger partial charge in [-0.2, -0.15) is 0 Å². The van der Waals surface area contributed by atoms with Crippen LogP contribution in [0, 0.1) is 6.92 Å². The molecule has 8 nitrogen and oxygen atoms in total. The Morgan fingerprint density at radius 3 is 2.50 bits per heavy atom. The van der Waals surface area contributed by atoms with Gasteiger partial charge in [-0.1, -0.05) is 24.3 Å². The lowest BCUT2D eigenvalue weighted by Gasteiger charge is -2.16. The van der Waals surface area contributed by atoms with Crippen LogP contribution in [0.3, 0.4) is 0 Å². The minimum Gasteiger partial charge on any atom is -0.451 e. The molecule has 30 heavy (non-hydrogen) atoms. The summed E-state index contributed by atoms with van der Waals surface area (Å²) in [6.07, 6.45) is -1.06. The average molecular weight is 409 g/mol. The monoisotopic (exact) mass is 409 g/mol. The summed E-state index contributed by atoms with van der Waals surface area (Å²) in [5.41, 5.74) is 0.907. The number of anilines is 1. The van der Waals surface area contributed by atoms with E-state index < -0.39 is 35.8 Å². The molecule has 1 unspecified atom stereocenters. The molecule has 156 valence electrons. The molecule has 1 heterocycles. The van der Waals surface area contributed by atoms with E-state index in [-0.39, 0.29) is 6.54 Å². The minimum absolute atomic E-state index is 0.173. The molecular formula is C22H23N3O5. The second-order valence-electron chi connectivity index (χ2n) is 6.93. The van der Waals surface area contributed by atoms with E-state index in [0.29, 0.717) is 16.6 Å². The van der Waals surface area contributed by atoms with Gasteiger partial charge in [-0.15, -0.1) is 0 Å². The summed E-state index contributed by atoms with van der Waals surface area (Å²) in [6.45, 7) is 4.79. The van der Waals surface area contributed by atoms with Crippen LogP contribution in [-0.2, 0) is 27.4 Å². The van der Waals surface area contributed by atoms with Crippen molar-refractivity contribution < 1.29 is 14.3 Å². The molecular weight excluding hydrogens is 386 g/mol. The van der Waals surface area contributed by atoms with Gasteiger partial charge in [0.1, 0.15) is 6.54 Å². The number of rotatable bonds is 6. The first-order valence-electron chi connectivity index (χ1n) is 9.61. The lowest BCUT2D eigenvalue weighted by molar-refractivity contribution is -0.153. The van der Waals surface area contributed by atoms with Gasteiger partial charge in [0.25, 0.3) is 11.5 Å². The van der Waals surface area contributed by atoms with Crippen molar-refractivity contribution >= 4 is 28.5 Å². The number of benzene rings is 2. The van der Waals surface area contributed by atoms with Crippen molar-refractivity contribution in [2.45, 2.75) is 40.0 Å². The third-order valence-corrected chi connectivity index (χ3v) is 4.70. The summed E-state index contributed by atoms with van der Waals surface area (Å²) >= 11 is 0. The third kappa shape index (κ3) is 4.32. The SMILES string of the molecule is CCn1c(=O)c2ccccc2n(CC(=O)OC(C)C(=O)Nc2cccc(C)c2)c1=O. The van der Waals surface area contributed by atoms with Crippen LogP contribution in [0.2, 0.25) is 0 Å². The predicted molar refractivity (Wildman–Crippen MR) is 114 cm³/mol. The molecule has 2 aromatic carbocycles. The van der Waals surface area contributed by atoms with Gasteiger partial charge in [0.05, 0.1) is 10.9 Å². The molecule has 0 fully saturated rings. The van der Waals surface area contributed by atoms with Crippen LogP contribution >= 0.6 is 0 Å². The number of hydrogen-bond donors (Lipinski definition) is 1. The Morgan fingerprint density at radius 2 is 1.80 bits per heavy atom. The molecule has 8 heteroatoms. The van der Waals surface area contributed by atoms with Crippen LogP contribution in [0.5, 0.6) is 0 Å². The third-order valence-electron chi connectivity index (χ3n) is 4.70. The van der Waals surface area contributed by atoms with E-state index in [1.54, 1.807) is 43.3 Å². The van der Waals surface area contributed by atoms with E-state index in [2.05, 4.69) is 5.32 Å². The Hall–Kier alpha value is -3.68. The smallest absolute Gasteiger partial charge is 0.332 e. The van der Waals surface area contributed by atoms with Gasteiger partial charge in [-0.3, -0.25) is 23.5 Å². The van der Waals surface area contributed by atoms with Gasteiger partial charge in [0.15, 0.2) is 6.10 Å². The second kappa shape index (κ2) is 8.77. The number of esters is 1. The molecule has 0 saturated carbocycles. The Balaban J connectivity index is 1.79. The van der Waals surface area contributed by atoms with Crippen molar-refractivity contribution in [3.05, 3.63) is 74.9 Å². The highest BCUT2D eigenvalue weighted by molar-refractivity contribution is 5.95. The molecule has 0 aliphatic heterocycles. The number of hydrogen-bond acceptors (Lipinski definition) is 5. The predicted octanol–water partition coefficient (Wildman–Crippen LogP) is 2.06. The Bertz CT molecular complexity index is 1230. The first kappa shape index (κ1) is 21.0. The maximum Gasteiger partial charge on any atom is 0.332 e. The number of aryl methyl sites for hydroxylation is 1. The summed E-state index contributed by atoms with van der Waals surface area (Å²) in [6, 6.07) is 13.8. The van der Waals surface area contributed by atoms with Crippen LogP contribution in [0.1, 0.15) is 19.4 Å². The first-order valence-corrected chi connectivity index (χ1v) is 9.61. The van der Waals surface area contributed by atoms with Gasteiger partial charge < -0.3 is 10.1 Å². The molecule has 0 saturated heterocycles.